The number of aromatic nitrogens is 4. The normalized spacial score (nSPS) is 10.6. The van der Waals surface area contributed by atoms with Crippen LogP contribution in [0.4, 0.5) is 5.13 Å². The van der Waals surface area contributed by atoms with Crippen LogP contribution >= 0.6 is 11.3 Å². The number of aryl methyl sites for hydroxylation is 1. The number of nitrogen functional groups attached to an aromatic ring is 1. The van der Waals surface area contributed by atoms with Crippen LogP contribution in [0.2, 0.25) is 0 Å². The fourth-order valence-electron chi connectivity index (χ4n) is 1.18. The third-order valence-corrected chi connectivity index (χ3v) is 2.58. The molecular formula is C8H11N5S. The largest absolute Gasteiger partial charge is 0.374 e. The first-order valence-corrected chi connectivity index (χ1v) is 5.23. The molecule has 0 saturated carbocycles. The molecule has 0 spiro atoms. The van der Waals surface area contributed by atoms with Crippen LogP contribution in [-0.4, -0.2) is 20.0 Å². The maximum atomic E-state index is 5.50. The Labute approximate surface area is 85.6 Å². The van der Waals surface area contributed by atoms with Crippen LogP contribution in [0.3, 0.4) is 0 Å². The summed E-state index contributed by atoms with van der Waals surface area (Å²) in [5, 5.41) is 13.2. The summed E-state index contributed by atoms with van der Waals surface area (Å²) in [6.45, 7) is 3.04. The second kappa shape index (κ2) is 3.75. The average Bonchev–Trinajstić information content (AvgIpc) is 2.74. The molecule has 0 aliphatic rings. The Morgan fingerprint density at radius 1 is 1.50 bits per heavy atom. The van der Waals surface area contributed by atoms with Gasteiger partial charge in [0, 0.05) is 12.7 Å². The molecule has 2 aromatic heterocycles. The highest BCUT2D eigenvalue weighted by atomic mass is 32.1. The minimum atomic E-state index is 0.489. The summed E-state index contributed by atoms with van der Waals surface area (Å²) >= 11 is 1.37. The molecule has 2 N–H and O–H groups in total. The number of hydrogen-bond acceptors (Lipinski definition) is 5. The van der Waals surface area contributed by atoms with E-state index in [-0.39, 0.29) is 0 Å². The van der Waals surface area contributed by atoms with Crippen molar-refractivity contribution in [1.29, 1.82) is 0 Å². The Morgan fingerprint density at radius 3 is 3.00 bits per heavy atom. The summed E-state index contributed by atoms with van der Waals surface area (Å²) in [4.78, 5) is 0. The highest BCUT2D eigenvalue weighted by molar-refractivity contribution is 7.18. The molecule has 0 aliphatic heterocycles. The van der Waals surface area contributed by atoms with Gasteiger partial charge in [0.2, 0.25) is 5.13 Å². The van der Waals surface area contributed by atoms with Gasteiger partial charge >= 0.3 is 0 Å². The fourth-order valence-corrected chi connectivity index (χ4v) is 1.76. The first kappa shape index (κ1) is 9.14. The fraction of sp³-hybridized carbons (Fsp3) is 0.375. The summed E-state index contributed by atoms with van der Waals surface area (Å²) in [5.74, 6) is 0. The van der Waals surface area contributed by atoms with E-state index in [0.717, 1.165) is 23.5 Å². The minimum Gasteiger partial charge on any atom is -0.374 e. The van der Waals surface area contributed by atoms with E-state index < -0.39 is 0 Å². The van der Waals surface area contributed by atoms with Gasteiger partial charge in [-0.2, -0.15) is 5.10 Å². The molecule has 2 heterocycles. The monoisotopic (exact) mass is 209 g/mol. The van der Waals surface area contributed by atoms with Gasteiger partial charge in [-0.15, -0.1) is 10.2 Å². The smallest absolute Gasteiger partial charge is 0.203 e. The van der Waals surface area contributed by atoms with Crippen molar-refractivity contribution in [2.45, 2.75) is 19.9 Å². The van der Waals surface area contributed by atoms with E-state index in [2.05, 4.69) is 22.2 Å². The lowest BCUT2D eigenvalue weighted by Crippen LogP contribution is -1.95. The summed E-state index contributed by atoms with van der Waals surface area (Å²) in [7, 11) is 0. The van der Waals surface area contributed by atoms with E-state index in [9.17, 15) is 0 Å². The molecule has 0 aromatic carbocycles. The molecule has 6 heteroatoms. The molecule has 14 heavy (non-hydrogen) atoms. The van der Waals surface area contributed by atoms with Crippen LogP contribution in [0.25, 0.3) is 10.6 Å². The van der Waals surface area contributed by atoms with E-state index in [1.807, 2.05) is 10.9 Å². The van der Waals surface area contributed by atoms with Crippen LogP contribution in [-0.2, 0) is 6.54 Å². The molecule has 0 atom stereocenters. The van der Waals surface area contributed by atoms with Gasteiger partial charge in [-0.25, -0.2) is 0 Å². The first-order valence-electron chi connectivity index (χ1n) is 4.41. The highest BCUT2D eigenvalue weighted by Crippen LogP contribution is 2.23. The van der Waals surface area contributed by atoms with Crippen molar-refractivity contribution in [1.82, 2.24) is 20.0 Å². The number of nitrogens with zero attached hydrogens (tertiary/aromatic N) is 4. The Balaban J connectivity index is 2.24. The van der Waals surface area contributed by atoms with Gasteiger partial charge in [-0.3, -0.25) is 4.68 Å². The van der Waals surface area contributed by atoms with Crippen molar-refractivity contribution in [2.24, 2.45) is 0 Å². The molecule has 74 valence electrons. The number of rotatable bonds is 3. The Bertz CT molecular complexity index is 419. The molecular weight excluding hydrogens is 198 g/mol. The van der Waals surface area contributed by atoms with Crippen LogP contribution in [0, 0.1) is 0 Å². The lowest BCUT2D eigenvalue weighted by Gasteiger charge is -1.93. The summed E-state index contributed by atoms with van der Waals surface area (Å²) < 4.78 is 1.90. The molecule has 0 unspecified atom stereocenters. The van der Waals surface area contributed by atoms with Gasteiger partial charge in [0.15, 0.2) is 5.01 Å². The van der Waals surface area contributed by atoms with Gasteiger partial charge in [0.1, 0.15) is 0 Å². The number of hydrogen-bond donors (Lipinski definition) is 1. The summed E-state index contributed by atoms with van der Waals surface area (Å²) in [6.07, 6.45) is 4.82. The van der Waals surface area contributed by atoms with Gasteiger partial charge < -0.3 is 5.73 Å². The topological polar surface area (TPSA) is 69.6 Å². The Kier molecular flexibility index (Phi) is 2.45. The van der Waals surface area contributed by atoms with Crippen LogP contribution in [0.1, 0.15) is 13.3 Å². The maximum absolute atomic E-state index is 5.50. The highest BCUT2D eigenvalue weighted by Gasteiger charge is 2.06. The molecule has 0 saturated heterocycles. The summed E-state index contributed by atoms with van der Waals surface area (Å²) in [6, 6.07) is 0. The SMILES string of the molecule is CCCn1cc(-c2nnc(N)s2)cn1. The number of anilines is 1. The lowest BCUT2D eigenvalue weighted by atomic mass is 10.4. The van der Waals surface area contributed by atoms with Crippen molar-refractivity contribution >= 4 is 16.5 Å². The van der Waals surface area contributed by atoms with Crippen molar-refractivity contribution in [3.63, 3.8) is 0 Å². The summed E-state index contributed by atoms with van der Waals surface area (Å²) in [5.41, 5.74) is 6.48. The zero-order valence-corrected chi connectivity index (χ0v) is 8.66. The van der Waals surface area contributed by atoms with Crippen molar-refractivity contribution < 1.29 is 0 Å². The van der Waals surface area contributed by atoms with Crippen LogP contribution < -0.4 is 5.73 Å². The Hall–Kier alpha value is -1.43. The Morgan fingerprint density at radius 2 is 2.36 bits per heavy atom. The second-order valence-corrected chi connectivity index (χ2v) is 3.95. The zero-order valence-electron chi connectivity index (χ0n) is 7.84. The van der Waals surface area contributed by atoms with Crippen molar-refractivity contribution in [3.8, 4) is 10.6 Å². The lowest BCUT2D eigenvalue weighted by molar-refractivity contribution is 0.603. The third-order valence-electron chi connectivity index (χ3n) is 1.77. The molecule has 0 fully saturated rings. The average molecular weight is 209 g/mol. The van der Waals surface area contributed by atoms with E-state index in [1.165, 1.54) is 11.3 Å². The molecule has 5 nitrogen and oxygen atoms in total. The van der Waals surface area contributed by atoms with Gasteiger partial charge in [-0.1, -0.05) is 18.3 Å². The second-order valence-electron chi connectivity index (χ2n) is 2.94. The predicted octanol–water partition coefficient (Wildman–Crippen LogP) is 1.39. The van der Waals surface area contributed by atoms with Crippen molar-refractivity contribution in [2.75, 3.05) is 5.73 Å². The maximum Gasteiger partial charge on any atom is 0.203 e. The first-order chi connectivity index (χ1) is 6.79. The molecule has 0 amide bonds. The van der Waals surface area contributed by atoms with Gasteiger partial charge in [0.05, 0.1) is 11.8 Å². The predicted molar refractivity (Wildman–Crippen MR) is 55.8 cm³/mol. The molecule has 0 bridgehead atoms. The van der Waals surface area contributed by atoms with Crippen LogP contribution in [0.5, 0.6) is 0 Å². The van der Waals surface area contributed by atoms with Gasteiger partial charge in [0.25, 0.3) is 0 Å². The van der Waals surface area contributed by atoms with Crippen LogP contribution in [0.15, 0.2) is 12.4 Å². The third kappa shape index (κ3) is 1.74. The molecule has 2 rings (SSSR count). The van der Waals surface area contributed by atoms with E-state index in [0.29, 0.717) is 5.13 Å². The molecule has 0 aliphatic carbocycles. The van der Waals surface area contributed by atoms with Gasteiger partial charge in [-0.05, 0) is 6.42 Å². The van der Waals surface area contributed by atoms with Crippen molar-refractivity contribution in [3.05, 3.63) is 12.4 Å². The standard InChI is InChI=1S/C8H11N5S/c1-2-3-13-5-6(4-10-13)7-11-12-8(9)14-7/h4-5H,2-3H2,1H3,(H2,9,12). The zero-order chi connectivity index (χ0) is 9.97. The number of nitrogens with two attached hydrogens (primary N) is 1. The minimum absolute atomic E-state index is 0.489. The molecule has 2 aromatic rings. The van der Waals surface area contributed by atoms with E-state index in [1.54, 1.807) is 6.20 Å². The molecule has 0 radical (unpaired) electrons. The quantitative estimate of drug-likeness (QED) is 0.829. The van der Waals surface area contributed by atoms with E-state index in [4.69, 9.17) is 5.73 Å². The van der Waals surface area contributed by atoms with E-state index >= 15 is 0 Å².